The van der Waals surface area contributed by atoms with Crippen molar-refractivity contribution in [3.8, 4) is 0 Å². The van der Waals surface area contributed by atoms with Crippen LogP contribution >= 0.6 is 33.3 Å². The minimum atomic E-state index is -0.202. The summed E-state index contributed by atoms with van der Waals surface area (Å²) in [6, 6.07) is 0. The van der Waals surface area contributed by atoms with Gasteiger partial charge in [0.05, 0.1) is 18.1 Å². The molecule has 0 fully saturated rings. The first-order valence-corrected chi connectivity index (χ1v) is 13.9. The van der Waals surface area contributed by atoms with E-state index in [1.165, 1.54) is 77.1 Å². The Morgan fingerprint density at radius 1 is 0.963 bits per heavy atom. The zero-order chi connectivity index (χ0) is 19.8. The lowest BCUT2D eigenvalue weighted by Crippen LogP contribution is -2.36. The highest BCUT2D eigenvalue weighted by Crippen LogP contribution is 2.41. The van der Waals surface area contributed by atoms with Gasteiger partial charge in [-0.15, -0.1) is 11.8 Å². The number of thioether (sulfide) groups is 1. The molecule has 5 heteroatoms. The molecule has 0 aromatic heterocycles. The number of unbranched alkanes of at least 4 members (excludes halogenated alkanes) is 9. The maximum Gasteiger partial charge on any atom is 0.314 e. The van der Waals surface area contributed by atoms with Gasteiger partial charge in [0.25, 0.3) is 0 Å². The van der Waals surface area contributed by atoms with Crippen LogP contribution in [0.25, 0.3) is 0 Å². The Morgan fingerprint density at radius 2 is 1.59 bits per heavy atom. The van der Waals surface area contributed by atoms with Gasteiger partial charge >= 0.3 is 5.97 Å². The van der Waals surface area contributed by atoms with Crippen molar-refractivity contribution < 1.29 is 9.53 Å². The van der Waals surface area contributed by atoms with Crippen molar-refractivity contribution in [2.24, 2.45) is 5.92 Å². The van der Waals surface area contributed by atoms with Crippen LogP contribution in [0.4, 0.5) is 0 Å². The quantitative estimate of drug-likeness (QED) is 0.108. The van der Waals surface area contributed by atoms with Crippen molar-refractivity contribution in [3.63, 3.8) is 0 Å². The van der Waals surface area contributed by atoms with Gasteiger partial charge in [0.15, 0.2) is 0 Å². The second-order valence-electron chi connectivity index (χ2n) is 7.31. The van der Waals surface area contributed by atoms with E-state index in [0.717, 1.165) is 5.08 Å². The van der Waals surface area contributed by atoms with Crippen LogP contribution in [-0.2, 0) is 9.53 Å². The van der Waals surface area contributed by atoms with E-state index < -0.39 is 0 Å². The van der Waals surface area contributed by atoms with Gasteiger partial charge in [-0.05, 0) is 13.3 Å². The number of allylic oxidation sites excluding steroid dienone is 2. The van der Waals surface area contributed by atoms with Crippen molar-refractivity contribution in [2.75, 3.05) is 17.9 Å². The number of ether oxygens (including phenoxy) is 1. The van der Waals surface area contributed by atoms with E-state index in [9.17, 15) is 4.79 Å². The summed E-state index contributed by atoms with van der Waals surface area (Å²) in [5, 5.41) is 0.991. The number of hydrogen-bond donors (Lipinski definition) is 0. The molecule has 0 aliphatic heterocycles. The van der Waals surface area contributed by atoms with Crippen LogP contribution in [0.2, 0.25) is 0 Å². The van der Waals surface area contributed by atoms with Crippen molar-refractivity contribution in [1.29, 1.82) is 0 Å². The maximum absolute atomic E-state index is 12.0. The molecule has 0 amide bonds. The van der Waals surface area contributed by atoms with E-state index >= 15 is 0 Å². The molecule has 2 nitrogen and oxygen atoms in total. The first-order valence-electron chi connectivity index (χ1n) is 10.5. The lowest BCUT2D eigenvalue weighted by Gasteiger charge is -2.32. The molecule has 0 aromatic carbocycles. The van der Waals surface area contributed by atoms with E-state index in [1.807, 2.05) is 51.6 Å². The lowest BCUT2D eigenvalue weighted by atomic mass is 9.89. The van der Waals surface area contributed by atoms with Gasteiger partial charge in [0.2, 0.25) is 0 Å². The Hall–Kier alpha value is -0.000000000000000222. The molecule has 0 spiro atoms. The molecule has 0 bridgehead atoms. The Bertz CT molecular complexity index is 451. The highest BCUT2D eigenvalue weighted by atomic mass is 33.1. The van der Waals surface area contributed by atoms with E-state index in [-0.39, 0.29) is 16.6 Å². The van der Waals surface area contributed by atoms with Gasteiger partial charge in [-0.2, -0.15) is 0 Å². The monoisotopic (exact) mass is 430 g/mol. The first kappa shape index (κ1) is 25.0. The molecule has 1 aliphatic carbocycles. The molecular weight excluding hydrogens is 392 g/mol. The summed E-state index contributed by atoms with van der Waals surface area (Å²) >= 11 is 1.84. The van der Waals surface area contributed by atoms with Gasteiger partial charge in [0, 0.05) is 10.5 Å². The van der Waals surface area contributed by atoms with E-state index in [2.05, 4.69) is 19.9 Å². The summed E-state index contributed by atoms with van der Waals surface area (Å²) in [4.78, 5) is 12.0. The zero-order valence-corrected chi connectivity index (χ0v) is 19.9. The number of carbonyl (C=O) groups excluding carboxylic acids is 1. The Morgan fingerprint density at radius 3 is 2.22 bits per heavy atom. The van der Waals surface area contributed by atoms with E-state index in [4.69, 9.17) is 4.74 Å². The smallest absolute Gasteiger partial charge is 0.314 e. The summed E-state index contributed by atoms with van der Waals surface area (Å²) in [6.45, 7) is 4.41. The van der Waals surface area contributed by atoms with E-state index in [0.29, 0.717) is 0 Å². The predicted octanol–water partition coefficient (Wildman–Crippen LogP) is 7.65. The van der Waals surface area contributed by atoms with Crippen LogP contribution in [0, 0.1) is 5.92 Å². The van der Waals surface area contributed by atoms with Gasteiger partial charge < -0.3 is 4.74 Å². The second-order valence-corrected chi connectivity index (χ2v) is 11.7. The van der Waals surface area contributed by atoms with Crippen molar-refractivity contribution in [1.82, 2.24) is 0 Å². The normalized spacial score (nSPS) is 21.5. The van der Waals surface area contributed by atoms with Gasteiger partial charge in [0.1, 0.15) is 0 Å². The van der Waals surface area contributed by atoms with Gasteiger partial charge in [-0.3, -0.25) is 4.79 Å². The summed E-state index contributed by atoms with van der Waals surface area (Å²) < 4.78 is 4.76. The summed E-state index contributed by atoms with van der Waals surface area (Å²) in [5.74, 6) is 0.896. The minimum Gasteiger partial charge on any atom is -0.469 e. The second kappa shape index (κ2) is 15.9. The molecule has 0 heterocycles. The Balaban J connectivity index is 1.98. The SMILES string of the molecule is CCCCCCCCCCCCSSCSC1(C)C=CC=CC1C(=O)OC. The first-order chi connectivity index (χ1) is 13.1. The highest BCUT2D eigenvalue weighted by Gasteiger charge is 2.37. The molecule has 1 aliphatic rings. The average Bonchev–Trinajstić information content (AvgIpc) is 2.68. The molecule has 0 radical (unpaired) electrons. The van der Waals surface area contributed by atoms with Crippen LogP contribution in [0.5, 0.6) is 0 Å². The molecule has 1 rings (SSSR count). The topological polar surface area (TPSA) is 26.3 Å². The third-order valence-corrected chi connectivity index (χ3v) is 9.35. The summed E-state index contributed by atoms with van der Waals surface area (Å²) in [5.41, 5.74) is 0. The predicted molar refractivity (Wildman–Crippen MR) is 127 cm³/mol. The third-order valence-electron chi connectivity index (χ3n) is 5.00. The fourth-order valence-corrected chi connectivity index (χ4v) is 7.39. The Labute approximate surface area is 179 Å². The van der Waals surface area contributed by atoms with E-state index in [1.54, 1.807) is 0 Å². The standard InChI is InChI=1S/C22H38O2S3/c1-4-5-6-7-8-9-10-11-12-15-18-26-27-19-25-22(2)17-14-13-16-20(22)21(23)24-3/h13-14,16-17,20H,4-12,15,18-19H2,1-3H3. The number of carbonyl (C=O) groups is 1. The molecule has 0 saturated carbocycles. The highest BCUT2D eigenvalue weighted by molar-refractivity contribution is 8.78. The van der Waals surface area contributed by atoms with Gasteiger partial charge in [-0.1, -0.05) is 111 Å². The number of methoxy groups -OCH3 is 1. The van der Waals surface area contributed by atoms with Crippen LogP contribution in [0.3, 0.4) is 0 Å². The molecular formula is C22H38O2S3. The summed E-state index contributed by atoms with van der Waals surface area (Å²) in [7, 11) is 5.36. The van der Waals surface area contributed by atoms with Gasteiger partial charge in [-0.25, -0.2) is 0 Å². The number of rotatable bonds is 16. The minimum absolute atomic E-state index is 0.145. The molecule has 0 saturated heterocycles. The van der Waals surface area contributed by atoms with Crippen LogP contribution in [0.1, 0.15) is 78.1 Å². The van der Waals surface area contributed by atoms with Crippen LogP contribution in [0.15, 0.2) is 24.3 Å². The average molecular weight is 431 g/mol. The molecule has 156 valence electrons. The molecule has 27 heavy (non-hydrogen) atoms. The van der Waals surface area contributed by atoms with Crippen molar-refractivity contribution in [2.45, 2.75) is 82.8 Å². The van der Waals surface area contributed by atoms with Crippen molar-refractivity contribution >= 4 is 39.3 Å². The third kappa shape index (κ3) is 10.9. The maximum atomic E-state index is 12.0. The Kier molecular flexibility index (Phi) is 14.7. The molecule has 0 aromatic rings. The van der Waals surface area contributed by atoms with Crippen molar-refractivity contribution in [3.05, 3.63) is 24.3 Å². The molecule has 0 N–H and O–H groups in total. The fraction of sp³-hybridized carbons (Fsp3) is 0.773. The largest absolute Gasteiger partial charge is 0.469 e. The molecule has 2 unspecified atom stereocenters. The zero-order valence-electron chi connectivity index (χ0n) is 17.4. The molecule has 2 atom stereocenters. The van der Waals surface area contributed by atoms with Crippen LogP contribution < -0.4 is 0 Å². The summed E-state index contributed by atoms with van der Waals surface area (Å²) in [6.07, 6.45) is 22.0. The lowest BCUT2D eigenvalue weighted by molar-refractivity contribution is -0.144. The number of hydrogen-bond acceptors (Lipinski definition) is 5. The number of esters is 1. The fourth-order valence-electron chi connectivity index (χ4n) is 3.19. The van der Waals surface area contributed by atoms with Crippen LogP contribution in [-0.4, -0.2) is 28.7 Å².